The number of aryl methyl sites for hydroxylation is 2. The minimum Gasteiger partial charge on any atom is -0.382 e. The Morgan fingerprint density at radius 1 is 0.977 bits per heavy atom. The number of hydrogen-bond acceptors (Lipinski definition) is 10. The van der Waals surface area contributed by atoms with Crippen molar-refractivity contribution in [3.8, 4) is 0 Å². The number of anilines is 3. The van der Waals surface area contributed by atoms with Crippen LogP contribution in [0.2, 0.25) is 0 Å². The number of amides is 1. The molecule has 224 valence electrons. The summed E-state index contributed by atoms with van der Waals surface area (Å²) in [7, 11) is 1.89. The Morgan fingerprint density at radius 2 is 1.80 bits per heavy atom. The molecule has 0 radical (unpaired) electrons. The number of carbonyl (C=O) groups excluding carboxylic acids is 1. The molecule has 44 heavy (non-hydrogen) atoms. The Balaban J connectivity index is 1.06. The highest BCUT2D eigenvalue weighted by molar-refractivity contribution is 6.13. The molecule has 2 aliphatic rings. The summed E-state index contributed by atoms with van der Waals surface area (Å²) in [6.07, 6.45) is 13.6. The molecule has 6 aromatic rings. The van der Waals surface area contributed by atoms with Crippen molar-refractivity contribution in [3.63, 3.8) is 0 Å². The summed E-state index contributed by atoms with van der Waals surface area (Å²) in [5.41, 5.74) is 11.5. The fourth-order valence-corrected chi connectivity index (χ4v) is 6.26. The van der Waals surface area contributed by atoms with Crippen LogP contribution in [0.5, 0.6) is 0 Å². The number of piperidine rings is 1. The highest BCUT2D eigenvalue weighted by Gasteiger charge is 2.28. The number of nitrogens with two attached hydrogens (primary N) is 1. The van der Waals surface area contributed by atoms with E-state index in [1.807, 2.05) is 47.5 Å². The summed E-state index contributed by atoms with van der Waals surface area (Å²) >= 11 is 0. The van der Waals surface area contributed by atoms with Gasteiger partial charge in [0.1, 0.15) is 23.1 Å². The van der Waals surface area contributed by atoms with Crippen LogP contribution in [0.4, 0.5) is 17.3 Å². The second kappa shape index (κ2) is 10.3. The van der Waals surface area contributed by atoms with Gasteiger partial charge in [-0.25, -0.2) is 19.9 Å². The van der Waals surface area contributed by atoms with Crippen molar-refractivity contribution in [2.75, 3.05) is 29.0 Å². The van der Waals surface area contributed by atoms with Crippen molar-refractivity contribution in [2.24, 2.45) is 7.05 Å². The predicted octanol–water partition coefficient (Wildman–Crippen LogP) is 2.67. The average Bonchev–Trinajstić information content (AvgIpc) is 3.37. The van der Waals surface area contributed by atoms with Crippen LogP contribution in [-0.4, -0.2) is 74.7 Å². The zero-order chi connectivity index (χ0) is 29.9. The summed E-state index contributed by atoms with van der Waals surface area (Å²) in [6.45, 7) is 4.24. The molecular weight excluding hydrogens is 558 g/mol. The largest absolute Gasteiger partial charge is 0.382 e. The van der Waals surface area contributed by atoms with Crippen LogP contribution in [0.3, 0.4) is 0 Å². The molecule has 1 saturated heterocycles. The molecule has 6 heterocycles. The molecule has 0 atom stereocenters. The fraction of sp³-hybridized carbons (Fsp3) is 0.367. The summed E-state index contributed by atoms with van der Waals surface area (Å²) in [4.78, 5) is 38.3. The molecule has 1 amide bonds. The predicted molar refractivity (Wildman–Crippen MR) is 167 cm³/mol. The van der Waals surface area contributed by atoms with E-state index in [0.717, 1.165) is 48.7 Å². The third kappa shape index (κ3) is 4.76. The summed E-state index contributed by atoms with van der Waals surface area (Å²) < 4.78 is 5.50. The minimum atomic E-state index is -0.269. The quantitative estimate of drug-likeness (QED) is 0.252. The van der Waals surface area contributed by atoms with Crippen LogP contribution in [0.25, 0.3) is 27.7 Å². The standard InChI is InChI=1S/C30H33N13O/c1-17-11-42-14-24(37-28(42)22(35-17)13-43-16-34-26-27(31)32-15-33-29(26)43)38-30(44)20-5-6-23(21-12-40(2)39-25(20)21)41-9-7-19(8-10-41)36-18-3-4-18/h5-6,11-12,14-16,18-19,36H,3-4,7-10,13H2,1-2H3,(H,38,44)(H2,31,32,33). The molecular formula is C30H33N13O. The zero-order valence-electron chi connectivity index (χ0n) is 24.6. The number of benzene rings is 1. The van der Waals surface area contributed by atoms with Crippen molar-refractivity contribution in [1.29, 1.82) is 0 Å². The van der Waals surface area contributed by atoms with Crippen LogP contribution < -0.4 is 21.3 Å². The van der Waals surface area contributed by atoms with Crippen molar-refractivity contribution < 1.29 is 4.79 Å². The van der Waals surface area contributed by atoms with Gasteiger partial charge in [-0.2, -0.15) is 5.10 Å². The Hall–Kier alpha value is -5.11. The smallest absolute Gasteiger partial charge is 0.259 e. The lowest BCUT2D eigenvalue weighted by Crippen LogP contribution is -2.43. The summed E-state index contributed by atoms with van der Waals surface area (Å²) in [5, 5.41) is 12.4. The Morgan fingerprint density at radius 3 is 2.61 bits per heavy atom. The number of carbonyl (C=O) groups is 1. The molecule has 14 nitrogen and oxygen atoms in total. The van der Waals surface area contributed by atoms with E-state index in [-0.39, 0.29) is 5.91 Å². The summed E-state index contributed by atoms with van der Waals surface area (Å²) in [6, 6.07) is 5.24. The van der Waals surface area contributed by atoms with E-state index < -0.39 is 0 Å². The maximum absolute atomic E-state index is 13.7. The van der Waals surface area contributed by atoms with Gasteiger partial charge in [0.15, 0.2) is 22.9 Å². The first-order chi connectivity index (χ1) is 21.4. The molecule has 1 aliphatic heterocycles. The van der Waals surface area contributed by atoms with E-state index in [9.17, 15) is 4.79 Å². The van der Waals surface area contributed by atoms with E-state index in [4.69, 9.17) is 15.7 Å². The van der Waals surface area contributed by atoms with Crippen LogP contribution in [0.15, 0.2) is 43.4 Å². The van der Waals surface area contributed by atoms with Gasteiger partial charge in [0.2, 0.25) is 0 Å². The van der Waals surface area contributed by atoms with E-state index >= 15 is 0 Å². The number of imidazole rings is 2. The van der Waals surface area contributed by atoms with Crippen molar-refractivity contribution in [3.05, 3.63) is 60.3 Å². The van der Waals surface area contributed by atoms with E-state index in [1.54, 1.807) is 17.2 Å². The molecule has 1 saturated carbocycles. The lowest BCUT2D eigenvalue weighted by atomic mass is 10.0. The molecule has 4 N–H and O–H groups in total. The molecule has 1 aliphatic carbocycles. The second-order valence-electron chi connectivity index (χ2n) is 11.8. The minimum absolute atomic E-state index is 0.269. The Labute approximate surface area is 252 Å². The van der Waals surface area contributed by atoms with Gasteiger partial charge in [0.25, 0.3) is 5.91 Å². The number of nitrogen functional groups attached to an aromatic ring is 1. The third-order valence-corrected chi connectivity index (χ3v) is 8.52. The molecule has 0 bridgehead atoms. The monoisotopic (exact) mass is 591 g/mol. The molecule has 2 fully saturated rings. The second-order valence-corrected chi connectivity index (χ2v) is 11.8. The van der Waals surface area contributed by atoms with Gasteiger partial charge in [-0.1, -0.05) is 0 Å². The van der Waals surface area contributed by atoms with Crippen molar-refractivity contribution >= 4 is 50.9 Å². The summed E-state index contributed by atoms with van der Waals surface area (Å²) in [5.74, 6) is 0.474. The topological polar surface area (TPSA) is 162 Å². The lowest BCUT2D eigenvalue weighted by Gasteiger charge is -2.34. The van der Waals surface area contributed by atoms with E-state index in [0.29, 0.717) is 57.8 Å². The van der Waals surface area contributed by atoms with Gasteiger partial charge in [-0.3, -0.25) is 14.5 Å². The first-order valence-corrected chi connectivity index (χ1v) is 14.9. The first kappa shape index (κ1) is 26.5. The van der Waals surface area contributed by atoms with Gasteiger partial charge >= 0.3 is 0 Å². The normalized spacial score (nSPS) is 16.0. The van der Waals surface area contributed by atoms with Gasteiger partial charge in [-0.05, 0) is 44.7 Å². The Bertz CT molecular complexity index is 2040. The molecule has 1 aromatic carbocycles. The fourth-order valence-electron chi connectivity index (χ4n) is 6.26. The highest BCUT2D eigenvalue weighted by Crippen LogP contribution is 2.32. The van der Waals surface area contributed by atoms with Gasteiger partial charge in [0.05, 0.1) is 30.3 Å². The molecule has 0 spiro atoms. The molecule has 8 rings (SSSR count). The number of nitrogens with zero attached hydrogens (tertiary/aromatic N) is 10. The van der Waals surface area contributed by atoms with Crippen LogP contribution in [-0.2, 0) is 13.6 Å². The van der Waals surface area contributed by atoms with Gasteiger partial charge < -0.3 is 30.2 Å². The Kier molecular flexibility index (Phi) is 6.18. The number of hydrogen-bond donors (Lipinski definition) is 3. The van der Waals surface area contributed by atoms with Gasteiger partial charge in [-0.15, -0.1) is 0 Å². The first-order valence-electron chi connectivity index (χ1n) is 14.9. The maximum atomic E-state index is 13.7. The SMILES string of the molecule is Cc1cn2cc(NC(=O)c3ccc(N4CCC(NC5CC5)CC4)c4cn(C)nc34)nc2c(Cn2cnc3c(N)ncnc32)n1. The molecule has 14 heteroatoms. The zero-order valence-corrected chi connectivity index (χ0v) is 24.6. The lowest BCUT2D eigenvalue weighted by molar-refractivity contribution is 0.102. The highest BCUT2D eigenvalue weighted by atomic mass is 16.1. The van der Waals surface area contributed by atoms with Crippen LogP contribution in [0, 0.1) is 6.92 Å². The number of nitrogens with one attached hydrogen (secondary N) is 2. The van der Waals surface area contributed by atoms with Crippen LogP contribution in [0.1, 0.15) is 47.4 Å². The van der Waals surface area contributed by atoms with E-state index in [2.05, 4.69) is 35.6 Å². The average molecular weight is 592 g/mol. The number of fused-ring (bicyclic) bond motifs is 3. The van der Waals surface area contributed by atoms with Crippen LogP contribution >= 0.6 is 0 Å². The van der Waals surface area contributed by atoms with E-state index in [1.165, 1.54) is 19.2 Å². The number of rotatable bonds is 7. The van der Waals surface area contributed by atoms with Crippen molar-refractivity contribution in [2.45, 2.75) is 51.2 Å². The maximum Gasteiger partial charge on any atom is 0.259 e. The third-order valence-electron chi connectivity index (χ3n) is 8.52. The molecule has 5 aromatic heterocycles. The van der Waals surface area contributed by atoms with Gasteiger partial charge in [0, 0.05) is 55.7 Å². The molecule has 0 unspecified atom stereocenters. The van der Waals surface area contributed by atoms with Crippen molar-refractivity contribution in [1.82, 2.24) is 49.0 Å². The number of aromatic nitrogens is 9.